The van der Waals surface area contributed by atoms with Crippen LogP contribution in [0.15, 0.2) is 10.6 Å². The van der Waals surface area contributed by atoms with Gasteiger partial charge < -0.3 is 14.4 Å². The molecule has 0 atom stereocenters. The minimum atomic E-state index is -0.187. The Labute approximate surface area is 144 Å². The Kier molecular flexibility index (Phi) is 3.95. The van der Waals surface area contributed by atoms with Gasteiger partial charge in [-0.3, -0.25) is 4.79 Å². The summed E-state index contributed by atoms with van der Waals surface area (Å²) in [5.74, 6) is 1.63. The monoisotopic (exact) mass is 340 g/mol. The van der Waals surface area contributed by atoms with Crippen molar-refractivity contribution in [2.24, 2.45) is 0 Å². The number of aromatic nitrogens is 5. The molecule has 8 heteroatoms. The van der Waals surface area contributed by atoms with Crippen molar-refractivity contribution in [3.05, 3.63) is 34.7 Å². The third kappa shape index (κ3) is 2.88. The largest absolute Gasteiger partial charge is 0.345 e. The normalized spacial score (nSPS) is 14.3. The van der Waals surface area contributed by atoms with Crippen LogP contribution in [0.3, 0.4) is 0 Å². The van der Waals surface area contributed by atoms with Gasteiger partial charge in [-0.05, 0) is 32.8 Å². The summed E-state index contributed by atoms with van der Waals surface area (Å²) in [5, 5.41) is 16.0. The number of fused-ring (bicyclic) bond motifs is 2. The lowest BCUT2D eigenvalue weighted by atomic mass is 10.1. The molecule has 3 aromatic heterocycles. The lowest BCUT2D eigenvalue weighted by molar-refractivity contribution is 0.0951. The summed E-state index contributed by atoms with van der Waals surface area (Å²) < 4.78 is 7.32. The summed E-state index contributed by atoms with van der Waals surface area (Å²) in [6, 6.07) is 1.76. The molecule has 4 rings (SSSR count). The van der Waals surface area contributed by atoms with Crippen LogP contribution in [0.4, 0.5) is 0 Å². The van der Waals surface area contributed by atoms with Crippen molar-refractivity contribution in [2.45, 2.75) is 52.6 Å². The highest BCUT2D eigenvalue weighted by Crippen LogP contribution is 2.22. The standard InChI is InChI=1S/C17H20N6O2/c1-10-8-12(15-11(2)22-25-17(15)19-10)16(24)18-9-14-21-20-13-6-4-3-5-7-23(13)14/h8H,3-7,9H2,1-2H3,(H,18,24). The number of pyridine rings is 1. The number of carbonyl (C=O) groups is 1. The van der Waals surface area contributed by atoms with Gasteiger partial charge in [0.15, 0.2) is 5.82 Å². The second-order valence-electron chi connectivity index (χ2n) is 6.44. The molecule has 1 N–H and O–H groups in total. The highest BCUT2D eigenvalue weighted by molar-refractivity contribution is 6.05. The highest BCUT2D eigenvalue weighted by atomic mass is 16.5. The summed E-state index contributed by atoms with van der Waals surface area (Å²) in [6.45, 7) is 4.89. The summed E-state index contributed by atoms with van der Waals surface area (Å²) in [6.07, 6.45) is 4.42. The summed E-state index contributed by atoms with van der Waals surface area (Å²) in [5.41, 5.74) is 2.28. The molecule has 0 unspecified atom stereocenters. The quantitative estimate of drug-likeness (QED) is 0.784. The molecule has 0 aliphatic carbocycles. The number of nitrogens with one attached hydrogen (secondary N) is 1. The van der Waals surface area contributed by atoms with E-state index in [4.69, 9.17) is 4.52 Å². The Morgan fingerprint density at radius 1 is 1.28 bits per heavy atom. The number of nitrogens with zero attached hydrogens (tertiary/aromatic N) is 5. The lowest BCUT2D eigenvalue weighted by Crippen LogP contribution is -2.25. The van der Waals surface area contributed by atoms with Crippen LogP contribution in [-0.2, 0) is 19.5 Å². The van der Waals surface area contributed by atoms with E-state index in [2.05, 4.69) is 30.2 Å². The van der Waals surface area contributed by atoms with Crippen molar-refractivity contribution in [3.63, 3.8) is 0 Å². The Balaban J connectivity index is 1.57. The first-order chi connectivity index (χ1) is 12.1. The lowest BCUT2D eigenvalue weighted by Gasteiger charge is -2.09. The van der Waals surface area contributed by atoms with E-state index in [9.17, 15) is 4.79 Å². The molecule has 0 aromatic carbocycles. The van der Waals surface area contributed by atoms with Crippen molar-refractivity contribution < 1.29 is 9.32 Å². The first kappa shape index (κ1) is 15.7. The third-order valence-electron chi connectivity index (χ3n) is 4.58. The molecular formula is C17H20N6O2. The molecule has 4 heterocycles. The molecule has 0 saturated carbocycles. The van der Waals surface area contributed by atoms with Gasteiger partial charge in [-0.25, -0.2) is 4.98 Å². The fourth-order valence-corrected chi connectivity index (χ4v) is 3.33. The number of carbonyl (C=O) groups excluding carboxylic acids is 1. The first-order valence-electron chi connectivity index (χ1n) is 8.56. The van der Waals surface area contributed by atoms with Crippen LogP contribution in [0.5, 0.6) is 0 Å². The predicted molar refractivity (Wildman–Crippen MR) is 90.0 cm³/mol. The minimum Gasteiger partial charge on any atom is -0.345 e. The maximum atomic E-state index is 12.7. The molecule has 0 radical (unpaired) electrons. The number of amides is 1. The van der Waals surface area contributed by atoms with Crippen molar-refractivity contribution in [3.8, 4) is 0 Å². The summed E-state index contributed by atoms with van der Waals surface area (Å²) in [7, 11) is 0. The Morgan fingerprint density at radius 2 is 2.16 bits per heavy atom. The van der Waals surface area contributed by atoms with Crippen molar-refractivity contribution >= 4 is 17.0 Å². The van der Waals surface area contributed by atoms with Crippen molar-refractivity contribution in [1.29, 1.82) is 0 Å². The van der Waals surface area contributed by atoms with Gasteiger partial charge in [0.05, 0.1) is 23.2 Å². The van der Waals surface area contributed by atoms with Crippen molar-refractivity contribution in [2.75, 3.05) is 0 Å². The van der Waals surface area contributed by atoms with Gasteiger partial charge in [-0.15, -0.1) is 10.2 Å². The average Bonchev–Trinajstić information content (AvgIpc) is 3.07. The van der Waals surface area contributed by atoms with Gasteiger partial charge in [0, 0.05) is 18.7 Å². The molecule has 3 aromatic rings. The Bertz CT molecular complexity index is 942. The molecule has 0 saturated heterocycles. The Hall–Kier alpha value is -2.77. The fraction of sp³-hybridized carbons (Fsp3) is 0.471. The topological polar surface area (TPSA) is 98.7 Å². The zero-order valence-corrected chi connectivity index (χ0v) is 14.4. The van der Waals surface area contributed by atoms with Crippen LogP contribution in [0.25, 0.3) is 11.1 Å². The first-order valence-corrected chi connectivity index (χ1v) is 8.56. The number of hydrogen-bond donors (Lipinski definition) is 1. The van der Waals surface area contributed by atoms with Gasteiger partial charge in [-0.2, -0.15) is 0 Å². The van der Waals surface area contributed by atoms with Gasteiger partial charge in [0.1, 0.15) is 5.82 Å². The SMILES string of the molecule is Cc1cc(C(=O)NCc2nnc3n2CCCCC3)c2c(C)noc2n1. The van der Waals surface area contributed by atoms with E-state index in [-0.39, 0.29) is 5.91 Å². The molecule has 1 aliphatic heterocycles. The Morgan fingerprint density at radius 3 is 3.04 bits per heavy atom. The smallest absolute Gasteiger partial charge is 0.258 e. The second-order valence-corrected chi connectivity index (χ2v) is 6.44. The summed E-state index contributed by atoms with van der Waals surface area (Å²) in [4.78, 5) is 17.0. The van der Waals surface area contributed by atoms with E-state index in [1.54, 1.807) is 13.0 Å². The minimum absolute atomic E-state index is 0.187. The zero-order valence-electron chi connectivity index (χ0n) is 14.4. The molecule has 1 amide bonds. The third-order valence-corrected chi connectivity index (χ3v) is 4.58. The average molecular weight is 340 g/mol. The highest BCUT2D eigenvalue weighted by Gasteiger charge is 2.19. The van der Waals surface area contributed by atoms with Crippen LogP contribution >= 0.6 is 0 Å². The molecule has 25 heavy (non-hydrogen) atoms. The van der Waals surface area contributed by atoms with Crippen LogP contribution in [-0.4, -0.2) is 30.8 Å². The number of hydrogen-bond acceptors (Lipinski definition) is 6. The maximum absolute atomic E-state index is 12.7. The zero-order chi connectivity index (χ0) is 17.4. The van der Waals surface area contributed by atoms with E-state index in [1.165, 1.54) is 6.42 Å². The van der Waals surface area contributed by atoms with Crippen LogP contribution in [0.1, 0.15) is 52.7 Å². The summed E-state index contributed by atoms with van der Waals surface area (Å²) >= 11 is 0. The molecule has 0 fully saturated rings. The molecule has 0 bridgehead atoms. The van der Waals surface area contributed by atoms with Gasteiger partial charge in [-0.1, -0.05) is 11.6 Å². The molecule has 130 valence electrons. The van der Waals surface area contributed by atoms with Gasteiger partial charge >= 0.3 is 0 Å². The van der Waals surface area contributed by atoms with Crippen LogP contribution < -0.4 is 5.32 Å². The van der Waals surface area contributed by atoms with E-state index >= 15 is 0 Å². The van der Waals surface area contributed by atoms with Gasteiger partial charge in [0.2, 0.25) is 0 Å². The van der Waals surface area contributed by atoms with Gasteiger partial charge in [0.25, 0.3) is 11.6 Å². The number of rotatable bonds is 3. The van der Waals surface area contributed by atoms with E-state index < -0.39 is 0 Å². The van der Waals surface area contributed by atoms with E-state index in [0.29, 0.717) is 34.6 Å². The van der Waals surface area contributed by atoms with Crippen LogP contribution in [0.2, 0.25) is 0 Å². The fourth-order valence-electron chi connectivity index (χ4n) is 3.33. The maximum Gasteiger partial charge on any atom is 0.258 e. The molecular weight excluding hydrogens is 320 g/mol. The second kappa shape index (κ2) is 6.27. The predicted octanol–water partition coefficient (Wildman–Crippen LogP) is 2.09. The molecule has 8 nitrogen and oxygen atoms in total. The number of aryl methyl sites for hydroxylation is 3. The molecule has 1 aliphatic rings. The molecule has 0 spiro atoms. The van der Waals surface area contributed by atoms with E-state index in [1.807, 2.05) is 6.92 Å². The van der Waals surface area contributed by atoms with E-state index in [0.717, 1.165) is 37.5 Å². The van der Waals surface area contributed by atoms with Crippen LogP contribution in [0, 0.1) is 13.8 Å². The van der Waals surface area contributed by atoms with Crippen molar-refractivity contribution in [1.82, 2.24) is 30.2 Å².